The highest BCUT2D eigenvalue weighted by atomic mass is 16.2. The second kappa shape index (κ2) is 6.68. The highest BCUT2D eigenvalue weighted by Crippen LogP contribution is 2.15. The van der Waals surface area contributed by atoms with Gasteiger partial charge in [0, 0.05) is 36.4 Å². The number of imide groups is 2. The van der Waals surface area contributed by atoms with Gasteiger partial charge in [-0.2, -0.15) is 0 Å². The van der Waals surface area contributed by atoms with E-state index < -0.39 is 0 Å². The molecule has 0 fully saturated rings. The lowest BCUT2D eigenvalue weighted by atomic mass is 10.2. The summed E-state index contributed by atoms with van der Waals surface area (Å²) in [7, 11) is 0. The number of amides is 4. The molecule has 118 valence electrons. The number of rotatable bonds is 7. The van der Waals surface area contributed by atoms with E-state index in [4.69, 9.17) is 0 Å². The minimum atomic E-state index is -0.239. The summed E-state index contributed by atoms with van der Waals surface area (Å²) in [4.78, 5) is 48.9. The van der Waals surface area contributed by atoms with Crippen LogP contribution in [0.5, 0.6) is 0 Å². The van der Waals surface area contributed by atoms with Crippen LogP contribution in [-0.2, 0) is 19.2 Å². The number of nitrogens with zero attached hydrogens (tertiary/aromatic N) is 2. The van der Waals surface area contributed by atoms with Gasteiger partial charge in [-0.15, -0.1) is 0 Å². The van der Waals surface area contributed by atoms with E-state index in [0.717, 1.165) is 25.7 Å². The summed E-state index contributed by atoms with van der Waals surface area (Å²) >= 11 is 0. The summed E-state index contributed by atoms with van der Waals surface area (Å²) in [5.41, 5.74) is 0.970. The lowest BCUT2D eigenvalue weighted by molar-refractivity contribution is -0.139. The van der Waals surface area contributed by atoms with Crippen LogP contribution in [0.3, 0.4) is 0 Å². The summed E-state index contributed by atoms with van der Waals surface area (Å²) in [5.74, 6) is -0.894. The number of carbonyl (C=O) groups is 4. The average Bonchev–Trinajstić information content (AvgIpc) is 2.84. The van der Waals surface area contributed by atoms with Gasteiger partial charge in [0.15, 0.2) is 0 Å². The van der Waals surface area contributed by atoms with Crippen LogP contribution >= 0.6 is 0 Å². The van der Waals surface area contributed by atoms with E-state index in [1.807, 2.05) is 0 Å². The number of unbranched alkanes of at least 4 members (excludes halogenated alkanes) is 3. The maximum atomic E-state index is 11.7. The molecule has 0 radical (unpaired) electrons. The molecule has 2 heterocycles. The van der Waals surface area contributed by atoms with E-state index in [1.165, 1.54) is 22.0 Å². The molecule has 2 aliphatic rings. The van der Waals surface area contributed by atoms with Crippen molar-refractivity contribution in [2.24, 2.45) is 0 Å². The molecule has 0 atom stereocenters. The monoisotopic (exact) mass is 304 g/mol. The van der Waals surface area contributed by atoms with E-state index in [1.54, 1.807) is 13.8 Å². The van der Waals surface area contributed by atoms with Gasteiger partial charge < -0.3 is 0 Å². The maximum Gasteiger partial charge on any atom is 0.256 e. The molecule has 6 nitrogen and oxygen atoms in total. The molecule has 0 bridgehead atoms. The van der Waals surface area contributed by atoms with Crippen molar-refractivity contribution < 1.29 is 19.2 Å². The fraction of sp³-hybridized carbons (Fsp3) is 0.500. The summed E-state index contributed by atoms with van der Waals surface area (Å²) < 4.78 is 0. The van der Waals surface area contributed by atoms with Gasteiger partial charge in [-0.3, -0.25) is 29.0 Å². The highest BCUT2D eigenvalue weighted by molar-refractivity contribution is 6.16. The van der Waals surface area contributed by atoms with Crippen molar-refractivity contribution in [3.8, 4) is 0 Å². The highest BCUT2D eigenvalue weighted by Gasteiger charge is 2.28. The Morgan fingerprint density at radius 3 is 1.32 bits per heavy atom. The van der Waals surface area contributed by atoms with Gasteiger partial charge in [-0.05, 0) is 26.7 Å². The van der Waals surface area contributed by atoms with Crippen LogP contribution in [0.1, 0.15) is 39.5 Å². The lowest BCUT2D eigenvalue weighted by Gasteiger charge is -2.15. The molecular formula is C16H20N2O4. The molecule has 0 aliphatic carbocycles. The van der Waals surface area contributed by atoms with Crippen LogP contribution in [0.25, 0.3) is 0 Å². The first-order valence-corrected chi connectivity index (χ1v) is 7.50. The van der Waals surface area contributed by atoms with Crippen LogP contribution in [-0.4, -0.2) is 46.5 Å². The van der Waals surface area contributed by atoms with Crippen LogP contribution in [0.15, 0.2) is 23.3 Å². The molecule has 0 N–H and O–H groups in total. The van der Waals surface area contributed by atoms with E-state index in [-0.39, 0.29) is 23.6 Å². The predicted octanol–water partition coefficient (Wildman–Crippen LogP) is 1.18. The molecule has 22 heavy (non-hydrogen) atoms. The standard InChI is InChI=1S/C16H20N2O4/c1-11-9-13(19)17(15(11)21)7-5-3-4-6-8-18-14(20)10-12(2)16(18)22/h9-10H,3-8H2,1-2H3. The smallest absolute Gasteiger partial charge is 0.256 e. The van der Waals surface area contributed by atoms with Crippen LogP contribution < -0.4 is 0 Å². The Morgan fingerprint density at radius 1 is 0.682 bits per heavy atom. The van der Waals surface area contributed by atoms with Crippen molar-refractivity contribution in [3.05, 3.63) is 23.3 Å². The van der Waals surface area contributed by atoms with Crippen molar-refractivity contribution in [2.45, 2.75) is 39.5 Å². The third-order valence-corrected chi connectivity index (χ3v) is 3.89. The molecule has 0 saturated heterocycles. The Balaban J connectivity index is 1.61. The predicted molar refractivity (Wildman–Crippen MR) is 79.4 cm³/mol. The third kappa shape index (κ3) is 3.32. The summed E-state index contributed by atoms with van der Waals surface area (Å²) in [5, 5.41) is 0. The summed E-state index contributed by atoms with van der Waals surface area (Å²) in [6.07, 6.45) is 5.89. The van der Waals surface area contributed by atoms with Crippen molar-refractivity contribution >= 4 is 23.6 Å². The van der Waals surface area contributed by atoms with E-state index >= 15 is 0 Å². The quantitative estimate of drug-likeness (QED) is 0.523. The Hall–Kier alpha value is -2.24. The van der Waals surface area contributed by atoms with Gasteiger partial charge in [0.05, 0.1) is 0 Å². The molecular weight excluding hydrogens is 284 g/mol. The Labute approximate surface area is 129 Å². The molecule has 2 aliphatic heterocycles. The average molecular weight is 304 g/mol. The molecule has 0 saturated carbocycles. The molecule has 4 amide bonds. The van der Waals surface area contributed by atoms with E-state index in [9.17, 15) is 19.2 Å². The Bertz CT molecular complexity index is 537. The largest absolute Gasteiger partial charge is 0.275 e. The number of carbonyl (C=O) groups excluding carboxylic acids is 4. The first-order valence-electron chi connectivity index (χ1n) is 7.50. The van der Waals surface area contributed by atoms with E-state index in [0.29, 0.717) is 24.2 Å². The third-order valence-electron chi connectivity index (χ3n) is 3.89. The zero-order chi connectivity index (χ0) is 16.3. The van der Waals surface area contributed by atoms with Gasteiger partial charge in [-0.25, -0.2) is 0 Å². The fourth-order valence-electron chi connectivity index (χ4n) is 2.59. The molecule has 6 heteroatoms. The minimum Gasteiger partial charge on any atom is -0.275 e. The molecule has 2 rings (SSSR count). The van der Waals surface area contributed by atoms with Crippen LogP contribution in [0.4, 0.5) is 0 Å². The molecule has 0 unspecified atom stereocenters. The molecule has 0 spiro atoms. The van der Waals surface area contributed by atoms with Crippen molar-refractivity contribution in [2.75, 3.05) is 13.1 Å². The zero-order valence-corrected chi connectivity index (χ0v) is 12.9. The first kappa shape index (κ1) is 16.1. The maximum absolute atomic E-state index is 11.7. The van der Waals surface area contributed by atoms with Crippen LogP contribution in [0, 0.1) is 0 Å². The lowest BCUT2D eigenvalue weighted by Crippen LogP contribution is -2.32. The topological polar surface area (TPSA) is 74.8 Å². The van der Waals surface area contributed by atoms with Crippen molar-refractivity contribution in [3.63, 3.8) is 0 Å². The van der Waals surface area contributed by atoms with Gasteiger partial charge >= 0.3 is 0 Å². The van der Waals surface area contributed by atoms with Crippen molar-refractivity contribution in [1.29, 1.82) is 0 Å². The molecule has 0 aromatic rings. The van der Waals surface area contributed by atoms with Gasteiger partial charge in [-0.1, -0.05) is 12.8 Å². The summed E-state index contributed by atoms with van der Waals surface area (Å²) in [6.45, 7) is 4.13. The second-order valence-electron chi connectivity index (χ2n) is 5.66. The SMILES string of the molecule is CC1=CC(=O)N(CCCCCCN2C(=O)C=C(C)C2=O)C1=O. The van der Waals surface area contributed by atoms with Gasteiger partial charge in [0.25, 0.3) is 23.6 Å². The van der Waals surface area contributed by atoms with E-state index in [2.05, 4.69) is 0 Å². The molecule has 0 aromatic heterocycles. The van der Waals surface area contributed by atoms with Gasteiger partial charge in [0.1, 0.15) is 0 Å². The Kier molecular flexibility index (Phi) is 4.90. The summed E-state index contributed by atoms with van der Waals surface area (Å²) in [6, 6.07) is 0. The zero-order valence-electron chi connectivity index (χ0n) is 12.9. The Morgan fingerprint density at radius 2 is 1.05 bits per heavy atom. The number of hydrogen-bond donors (Lipinski definition) is 0. The first-order chi connectivity index (χ1) is 10.4. The second-order valence-corrected chi connectivity index (χ2v) is 5.66. The van der Waals surface area contributed by atoms with Crippen LogP contribution in [0.2, 0.25) is 0 Å². The molecule has 0 aromatic carbocycles. The normalized spacial score (nSPS) is 18.5. The van der Waals surface area contributed by atoms with Crippen molar-refractivity contribution in [1.82, 2.24) is 9.80 Å². The minimum absolute atomic E-state index is 0.209. The van der Waals surface area contributed by atoms with Gasteiger partial charge in [0.2, 0.25) is 0 Å². The fourth-order valence-corrected chi connectivity index (χ4v) is 2.59. The number of hydrogen-bond acceptors (Lipinski definition) is 4.